The summed E-state index contributed by atoms with van der Waals surface area (Å²) in [5, 5.41) is 11.4. The molecule has 0 saturated heterocycles. The van der Waals surface area contributed by atoms with Crippen LogP contribution in [-0.2, 0) is 17.6 Å². The van der Waals surface area contributed by atoms with Crippen LogP contribution in [0.1, 0.15) is 66.9 Å². The zero-order valence-electron chi connectivity index (χ0n) is 16.5. The molecular formula is C23H30N2O3. The van der Waals surface area contributed by atoms with Crippen molar-refractivity contribution in [1.29, 1.82) is 0 Å². The van der Waals surface area contributed by atoms with Crippen LogP contribution in [0.2, 0.25) is 0 Å². The summed E-state index contributed by atoms with van der Waals surface area (Å²) in [6.45, 7) is 2.23. The van der Waals surface area contributed by atoms with Crippen LogP contribution in [0.25, 0.3) is 0 Å². The largest absolute Gasteiger partial charge is 0.322 e. The fourth-order valence-electron chi connectivity index (χ4n) is 3.07. The molecule has 0 aliphatic rings. The van der Waals surface area contributed by atoms with Gasteiger partial charge in [0, 0.05) is 11.3 Å². The molecule has 2 aromatic carbocycles. The molecule has 2 amide bonds. The van der Waals surface area contributed by atoms with E-state index >= 15 is 0 Å². The van der Waals surface area contributed by atoms with Crippen LogP contribution in [-0.4, -0.2) is 17.0 Å². The first-order chi connectivity index (χ1) is 13.6. The Morgan fingerprint density at radius 3 is 2.07 bits per heavy atom. The monoisotopic (exact) mass is 382 g/mol. The van der Waals surface area contributed by atoms with Crippen molar-refractivity contribution in [3.8, 4) is 0 Å². The van der Waals surface area contributed by atoms with Gasteiger partial charge in [-0.2, -0.15) is 0 Å². The third kappa shape index (κ3) is 7.53. The van der Waals surface area contributed by atoms with Crippen LogP contribution in [0.5, 0.6) is 0 Å². The van der Waals surface area contributed by atoms with E-state index in [-0.39, 0.29) is 12.3 Å². The number of rotatable bonds is 11. The molecule has 2 aromatic rings. The minimum absolute atomic E-state index is 0.0881. The maximum Gasteiger partial charge on any atom is 0.255 e. The van der Waals surface area contributed by atoms with Crippen molar-refractivity contribution in [2.45, 2.75) is 58.3 Å². The van der Waals surface area contributed by atoms with Crippen molar-refractivity contribution < 1.29 is 14.8 Å². The molecule has 150 valence electrons. The van der Waals surface area contributed by atoms with Gasteiger partial charge in [-0.05, 0) is 48.2 Å². The molecule has 0 spiro atoms. The number of aryl methyl sites for hydroxylation is 1. The van der Waals surface area contributed by atoms with Crippen LogP contribution in [0, 0.1) is 0 Å². The molecule has 0 aliphatic heterocycles. The Bertz CT molecular complexity index is 739. The van der Waals surface area contributed by atoms with Crippen molar-refractivity contribution in [1.82, 2.24) is 5.48 Å². The average molecular weight is 383 g/mol. The average Bonchev–Trinajstić information content (AvgIpc) is 2.72. The highest BCUT2D eigenvalue weighted by Crippen LogP contribution is 2.14. The van der Waals surface area contributed by atoms with Gasteiger partial charge in [0.2, 0.25) is 5.91 Å². The molecule has 3 N–H and O–H groups in total. The molecule has 0 radical (unpaired) electrons. The summed E-state index contributed by atoms with van der Waals surface area (Å²) in [4.78, 5) is 23.5. The highest BCUT2D eigenvalue weighted by atomic mass is 16.5. The summed E-state index contributed by atoms with van der Waals surface area (Å²) in [5.74, 6) is -0.634. The zero-order valence-corrected chi connectivity index (χ0v) is 16.5. The van der Waals surface area contributed by atoms with E-state index in [0.29, 0.717) is 11.3 Å². The molecule has 0 unspecified atom stereocenters. The third-order valence-corrected chi connectivity index (χ3v) is 4.74. The number of hydrogen-bond donors (Lipinski definition) is 3. The second kappa shape index (κ2) is 11.9. The first-order valence-electron chi connectivity index (χ1n) is 10.0. The molecule has 0 aliphatic carbocycles. The van der Waals surface area contributed by atoms with Crippen molar-refractivity contribution in [2.24, 2.45) is 0 Å². The Morgan fingerprint density at radius 1 is 0.821 bits per heavy atom. The Hall–Kier alpha value is -2.66. The highest BCUT2D eigenvalue weighted by molar-refractivity contribution is 6.04. The number of carbonyl (C=O) groups excluding carboxylic acids is 2. The van der Waals surface area contributed by atoms with Crippen molar-refractivity contribution in [2.75, 3.05) is 5.32 Å². The smallest absolute Gasteiger partial charge is 0.255 e. The van der Waals surface area contributed by atoms with Crippen molar-refractivity contribution in [3.05, 3.63) is 65.2 Å². The number of nitrogens with one attached hydrogen (secondary N) is 2. The molecule has 5 heteroatoms. The number of anilines is 1. The zero-order chi connectivity index (χ0) is 20.2. The van der Waals surface area contributed by atoms with E-state index in [1.165, 1.54) is 44.1 Å². The van der Waals surface area contributed by atoms with Crippen molar-refractivity contribution >= 4 is 17.5 Å². The first-order valence-corrected chi connectivity index (χ1v) is 10.0. The predicted molar refractivity (Wildman–Crippen MR) is 112 cm³/mol. The van der Waals surface area contributed by atoms with Gasteiger partial charge in [0.15, 0.2) is 0 Å². The van der Waals surface area contributed by atoms with Crippen LogP contribution in [0.15, 0.2) is 48.5 Å². The summed E-state index contributed by atoms with van der Waals surface area (Å²) in [5.41, 5.74) is 4.90. The lowest BCUT2D eigenvalue weighted by atomic mass is 10.0. The van der Waals surface area contributed by atoms with E-state index in [1.807, 2.05) is 24.3 Å². The standard InChI is InChI=1S/C23H30N2O3/c1-2-3-4-5-6-7-8-18-9-13-20(14-10-18)23(27)24-21-15-11-19(12-16-21)17-22(26)25-28/h9-16,28H,2-8,17H2,1H3,(H,24,27)(H,25,26). The first kappa shape index (κ1) is 21.6. The SMILES string of the molecule is CCCCCCCCc1ccc(C(=O)Nc2ccc(CC(=O)NO)cc2)cc1. The summed E-state index contributed by atoms with van der Waals surface area (Å²) >= 11 is 0. The van der Waals surface area contributed by atoms with Gasteiger partial charge in [-0.15, -0.1) is 0 Å². The Balaban J connectivity index is 1.80. The predicted octanol–water partition coefficient (Wildman–Crippen LogP) is 4.89. The molecule has 0 fully saturated rings. The number of benzene rings is 2. The van der Waals surface area contributed by atoms with E-state index in [2.05, 4.69) is 12.2 Å². The Labute approximate surface area is 167 Å². The quantitative estimate of drug-likeness (QED) is 0.294. The fraction of sp³-hybridized carbons (Fsp3) is 0.391. The van der Waals surface area contributed by atoms with Crippen LogP contribution in [0.3, 0.4) is 0 Å². The number of carbonyl (C=O) groups is 2. The Morgan fingerprint density at radius 2 is 1.43 bits per heavy atom. The molecule has 0 atom stereocenters. The van der Waals surface area contributed by atoms with E-state index < -0.39 is 5.91 Å². The van der Waals surface area contributed by atoms with Gasteiger partial charge in [-0.25, -0.2) is 5.48 Å². The molecule has 5 nitrogen and oxygen atoms in total. The summed E-state index contributed by atoms with van der Waals surface area (Å²) in [6.07, 6.45) is 8.82. The van der Waals surface area contributed by atoms with E-state index in [4.69, 9.17) is 5.21 Å². The third-order valence-electron chi connectivity index (χ3n) is 4.74. The maximum absolute atomic E-state index is 12.4. The van der Waals surface area contributed by atoms with E-state index in [9.17, 15) is 9.59 Å². The minimum Gasteiger partial charge on any atom is -0.322 e. The number of hydroxylamine groups is 1. The summed E-state index contributed by atoms with van der Waals surface area (Å²) in [6, 6.07) is 14.7. The second-order valence-corrected chi connectivity index (χ2v) is 7.08. The van der Waals surface area contributed by atoms with Gasteiger partial charge >= 0.3 is 0 Å². The lowest BCUT2D eigenvalue weighted by molar-refractivity contribution is -0.128. The number of hydrogen-bond acceptors (Lipinski definition) is 3. The molecule has 0 bridgehead atoms. The van der Waals surface area contributed by atoms with Crippen molar-refractivity contribution in [3.63, 3.8) is 0 Å². The summed E-state index contributed by atoms with van der Waals surface area (Å²) < 4.78 is 0. The van der Waals surface area contributed by atoms with Gasteiger partial charge < -0.3 is 5.32 Å². The van der Waals surface area contributed by atoms with Gasteiger partial charge in [0.05, 0.1) is 6.42 Å². The topological polar surface area (TPSA) is 78.4 Å². The normalized spacial score (nSPS) is 10.5. The molecule has 0 heterocycles. The van der Waals surface area contributed by atoms with Gasteiger partial charge in [0.25, 0.3) is 5.91 Å². The van der Waals surface area contributed by atoms with Crippen LogP contribution < -0.4 is 10.8 Å². The van der Waals surface area contributed by atoms with E-state index in [1.54, 1.807) is 29.7 Å². The molecule has 28 heavy (non-hydrogen) atoms. The second-order valence-electron chi connectivity index (χ2n) is 7.08. The summed E-state index contributed by atoms with van der Waals surface area (Å²) in [7, 11) is 0. The van der Waals surface area contributed by atoms with E-state index in [0.717, 1.165) is 12.0 Å². The van der Waals surface area contributed by atoms with Gasteiger partial charge in [-0.3, -0.25) is 14.8 Å². The fourth-order valence-corrected chi connectivity index (χ4v) is 3.07. The minimum atomic E-state index is -0.474. The van der Waals surface area contributed by atoms with Gasteiger partial charge in [0.1, 0.15) is 0 Å². The molecule has 0 aromatic heterocycles. The molecule has 0 saturated carbocycles. The number of unbranched alkanes of at least 4 members (excludes halogenated alkanes) is 5. The van der Waals surface area contributed by atoms with Crippen LogP contribution in [0.4, 0.5) is 5.69 Å². The Kier molecular flexibility index (Phi) is 9.22. The molecular weight excluding hydrogens is 352 g/mol. The van der Waals surface area contributed by atoms with Gasteiger partial charge in [-0.1, -0.05) is 63.3 Å². The highest BCUT2D eigenvalue weighted by Gasteiger charge is 2.07. The number of amides is 2. The molecule has 2 rings (SSSR count). The maximum atomic E-state index is 12.4. The lowest BCUT2D eigenvalue weighted by Gasteiger charge is -2.08. The lowest BCUT2D eigenvalue weighted by Crippen LogP contribution is -2.20. The van der Waals surface area contributed by atoms with Crippen LogP contribution >= 0.6 is 0 Å².